The van der Waals surface area contributed by atoms with Crippen LogP contribution in [-0.4, -0.2) is 34.1 Å². The maximum absolute atomic E-state index is 12.9. The molecule has 0 saturated heterocycles. The highest BCUT2D eigenvalue weighted by Gasteiger charge is 2.20. The molecular formula is C17H18ClFN2O4S. The van der Waals surface area contributed by atoms with Crippen LogP contribution in [0, 0.1) is 5.82 Å². The van der Waals surface area contributed by atoms with E-state index in [9.17, 15) is 17.6 Å². The van der Waals surface area contributed by atoms with Crippen LogP contribution in [0.1, 0.15) is 17.3 Å². The van der Waals surface area contributed by atoms with E-state index in [4.69, 9.17) is 16.3 Å². The van der Waals surface area contributed by atoms with Gasteiger partial charge in [0.1, 0.15) is 5.82 Å². The maximum atomic E-state index is 12.9. The average Bonchev–Trinajstić information content (AvgIpc) is 2.57. The molecule has 0 aromatic heterocycles. The second kappa shape index (κ2) is 8.48. The Morgan fingerprint density at radius 1 is 1.23 bits per heavy atom. The van der Waals surface area contributed by atoms with Crippen LogP contribution in [0.2, 0.25) is 5.02 Å². The summed E-state index contributed by atoms with van der Waals surface area (Å²) in [6.07, 6.45) is 0. The van der Waals surface area contributed by atoms with E-state index in [1.807, 2.05) is 0 Å². The van der Waals surface area contributed by atoms with Crippen molar-refractivity contribution in [3.63, 3.8) is 0 Å². The number of sulfonamides is 1. The highest BCUT2D eigenvalue weighted by Crippen LogP contribution is 2.23. The van der Waals surface area contributed by atoms with Crippen molar-refractivity contribution in [1.82, 2.24) is 5.32 Å². The van der Waals surface area contributed by atoms with Crippen LogP contribution in [0.25, 0.3) is 0 Å². The first-order valence-electron chi connectivity index (χ1n) is 7.60. The minimum atomic E-state index is -3.97. The zero-order valence-electron chi connectivity index (χ0n) is 14.1. The second-order valence-corrected chi connectivity index (χ2v) is 7.67. The van der Waals surface area contributed by atoms with Gasteiger partial charge in [0.25, 0.3) is 15.9 Å². The molecule has 0 spiro atoms. The summed E-state index contributed by atoms with van der Waals surface area (Å²) < 4.78 is 45.2. The summed E-state index contributed by atoms with van der Waals surface area (Å²) in [5, 5.41) is 2.79. The van der Waals surface area contributed by atoms with Crippen molar-refractivity contribution in [2.24, 2.45) is 0 Å². The van der Waals surface area contributed by atoms with Crippen molar-refractivity contribution in [3.05, 3.63) is 58.9 Å². The van der Waals surface area contributed by atoms with E-state index in [1.54, 1.807) is 6.92 Å². The van der Waals surface area contributed by atoms with Gasteiger partial charge in [-0.1, -0.05) is 11.6 Å². The Labute approximate surface area is 156 Å². The minimum absolute atomic E-state index is 0.0246. The molecule has 0 radical (unpaired) electrons. The molecule has 2 aromatic rings. The number of methoxy groups -OCH3 is 1. The van der Waals surface area contributed by atoms with Crippen molar-refractivity contribution >= 4 is 33.2 Å². The van der Waals surface area contributed by atoms with Crippen molar-refractivity contribution in [2.45, 2.75) is 17.9 Å². The van der Waals surface area contributed by atoms with Crippen LogP contribution in [0.5, 0.6) is 0 Å². The number of halogens is 2. The molecule has 0 fully saturated rings. The van der Waals surface area contributed by atoms with Crippen LogP contribution >= 0.6 is 11.6 Å². The predicted molar refractivity (Wildman–Crippen MR) is 97.5 cm³/mol. The topological polar surface area (TPSA) is 84.5 Å². The molecule has 1 amide bonds. The molecule has 0 heterocycles. The summed E-state index contributed by atoms with van der Waals surface area (Å²) in [6.45, 7) is 2.04. The number of carbonyl (C=O) groups excluding carboxylic acids is 1. The highest BCUT2D eigenvalue weighted by molar-refractivity contribution is 7.92. The number of anilines is 1. The molecule has 9 heteroatoms. The molecule has 2 N–H and O–H groups in total. The van der Waals surface area contributed by atoms with Gasteiger partial charge in [0, 0.05) is 18.8 Å². The van der Waals surface area contributed by atoms with Crippen molar-refractivity contribution in [2.75, 3.05) is 18.4 Å². The number of rotatable bonds is 7. The Hall–Kier alpha value is -2.16. The fourth-order valence-corrected chi connectivity index (χ4v) is 3.46. The van der Waals surface area contributed by atoms with Gasteiger partial charge in [-0.3, -0.25) is 9.52 Å². The number of amides is 1. The Morgan fingerprint density at radius 3 is 2.50 bits per heavy atom. The summed E-state index contributed by atoms with van der Waals surface area (Å²) in [7, 11) is -2.47. The van der Waals surface area contributed by atoms with Gasteiger partial charge in [-0.25, -0.2) is 12.8 Å². The fraction of sp³-hybridized carbons (Fsp3) is 0.235. The smallest absolute Gasteiger partial charge is 0.261 e. The second-order valence-electron chi connectivity index (χ2n) is 5.58. The molecule has 0 aliphatic rings. The Bertz CT molecular complexity index is 888. The van der Waals surface area contributed by atoms with Crippen molar-refractivity contribution in [3.8, 4) is 0 Å². The van der Waals surface area contributed by atoms with Gasteiger partial charge >= 0.3 is 0 Å². The Morgan fingerprint density at radius 2 is 1.88 bits per heavy atom. The third-order valence-electron chi connectivity index (χ3n) is 3.38. The SMILES string of the molecule is COCC(C)NC(=O)c1cc(S(=O)(=O)Nc2ccc(F)cc2)ccc1Cl. The van der Waals surface area contributed by atoms with Crippen LogP contribution in [0.3, 0.4) is 0 Å². The number of hydrogen-bond donors (Lipinski definition) is 2. The minimum Gasteiger partial charge on any atom is -0.383 e. The van der Waals surface area contributed by atoms with Crippen LogP contribution in [0.4, 0.5) is 10.1 Å². The van der Waals surface area contributed by atoms with Crippen LogP contribution in [0.15, 0.2) is 47.4 Å². The van der Waals surface area contributed by atoms with Gasteiger partial charge in [-0.15, -0.1) is 0 Å². The molecule has 1 atom stereocenters. The first-order chi connectivity index (χ1) is 12.2. The highest BCUT2D eigenvalue weighted by atomic mass is 35.5. The van der Waals surface area contributed by atoms with E-state index in [0.29, 0.717) is 6.61 Å². The van der Waals surface area contributed by atoms with Crippen LogP contribution < -0.4 is 10.0 Å². The molecule has 6 nitrogen and oxygen atoms in total. The third-order valence-corrected chi connectivity index (χ3v) is 5.09. The van der Waals surface area contributed by atoms with E-state index >= 15 is 0 Å². The lowest BCUT2D eigenvalue weighted by Crippen LogP contribution is -2.35. The summed E-state index contributed by atoms with van der Waals surface area (Å²) in [6, 6.07) is 8.38. The number of benzene rings is 2. The molecular weight excluding hydrogens is 383 g/mol. The first-order valence-corrected chi connectivity index (χ1v) is 9.47. The number of nitrogens with one attached hydrogen (secondary N) is 2. The van der Waals surface area contributed by atoms with Gasteiger partial charge in [0.05, 0.1) is 22.1 Å². The number of ether oxygens (including phenoxy) is 1. The number of carbonyl (C=O) groups is 1. The van der Waals surface area contributed by atoms with Crippen molar-refractivity contribution in [1.29, 1.82) is 0 Å². The molecule has 26 heavy (non-hydrogen) atoms. The normalized spacial score (nSPS) is 12.5. The van der Waals surface area contributed by atoms with E-state index in [-0.39, 0.29) is 27.2 Å². The zero-order valence-corrected chi connectivity index (χ0v) is 15.7. The third kappa shape index (κ3) is 5.17. The van der Waals surface area contributed by atoms with Crippen molar-refractivity contribution < 1.29 is 22.3 Å². The molecule has 1 unspecified atom stereocenters. The quantitative estimate of drug-likeness (QED) is 0.748. The van der Waals surface area contributed by atoms with Gasteiger partial charge in [-0.2, -0.15) is 0 Å². The zero-order chi connectivity index (χ0) is 19.3. The fourth-order valence-electron chi connectivity index (χ4n) is 2.17. The molecule has 0 bridgehead atoms. The van der Waals surface area contributed by atoms with Crippen LogP contribution in [-0.2, 0) is 14.8 Å². The largest absolute Gasteiger partial charge is 0.383 e. The lowest BCUT2D eigenvalue weighted by molar-refractivity contribution is 0.0905. The Kier molecular flexibility index (Phi) is 6.57. The Balaban J connectivity index is 2.26. The summed E-state index contributed by atoms with van der Waals surface area (Å²) in [4.78, 5) is 12.2. The van der Waals surface area contributed by atoms with E-state index in [2.05, 4.69) is 10.0 Å². The lowest BCUT2D eigenvalue weighted by Gasteiger charge is -2.14. The molecule has 2 rings (SSSR count). The maximum Gasteiger partial charge on any atom is 0.261 e. The average molecular weight is 401 g/mol. The standard InChI is InChI=1S/C17H18ClFN2O4S/c1-11(10-25-2)20-17(22)15-9-14(7-8-16(15)18)26(23,24)21-13-5-3-12(19)4-6-13/h3-9,11,21H,10H2,1-2H3,(H,20,22). The molecule has 0 aliphatic heterocycles. The monoisotopic (exact) mass is 400 g/mol. The van der Waals surface area contributed by atoms with E-state index in [1.165, 1.54) is 37.4 Å². The van der Waals surface area contributed by atoms with E-state index < -0.39 is 21.7 Å². The molecule has 0 aliphatic carbocycles. The van der Waals surface area contributed by atoms with Gasteiger partial charge in [0.2, 0.25) is 0 Å². The molecule has 2 aromatic carbocycles. The number of hydrogen-bond acceptors (Lipinski definition) is 4. The summed E-state index contributed by atoms with van der Waals surface area (Å²) >= 11 is 6.03. The predicted octanol–water partition coefficient (Wildman–Crippen LogP) is 3.04. The van der Waals surface area contributed by atoms with E-state index in [0.717, 1.165) is 12.1 Å². The molecule has 140 valence electrons. The summed E-state index contributed by atoms with van der Waals surface area (Å²) in [5.41, 5.74) is 0.220. The first kappa shape index (κ1) is 20.2. The van der Waals surface area contributed by atoms with Gasteiger partial charge < -0.3 is 10.1 Å². The van der Waals surface area contributed by atoms with Gasteiger partial charge in [-0.05, 0) is 49.4 Å². The lowest BCUT2D eigenvalue weighted by atomic mass is 10.2. The molecule has 0 saturated carbocycles. The van der Waals surface area contributed by atoms with Gasteiger partial charge in [0.15, 0.2) is 0 Å². The summed E-state index contributed by atoms with van der Waals surface area (Å²) in [5.74, 6) is -0.998.